The second-order valence-electron chi connectivity index (χ2n) is 7.68. The standard InChI is InChI=1S/C26H27N3O3/c1-31-22-13-19(14-23(15-22)32-2)10-11-26(30)27-16-20-6-5-7-21(12-20)17-29-18-28-24-8-3-4-9-25(24)29/h3-9,12-15,18H,10-11,16-17H2,1-2H3,(H,27,30). The summed E-state index contributed by atoms with van der Waals surface area (Å²) in [6.07, 6.45) is 2.89. The molecular formula is C26H27N3O3. The Labute approximate surface area is 187 Å². The van der Waals surface area contributed by atoms with Crippen molar-refractivity contribution in [3.8, 4) is 11.5 Å². The number of hydrogen-bond acceptors (Lipinski definition) is 4. The van der Waals surface area contributed by atoms with E-state index in [2.05, 4.69) is 33.1 Å². The van der Waals surface area contributed by atoms with Crippen LogP contribution < -0.4 is 14.8 Å². The fraction of sp³-hybridized carbons (Fsp3) is 0.231. The summed E-state index contributed by atoms with van der Waals surface area (Å²) in [7, 11) is 3.24. The number of imidazole rings is 1. The topological polar surface area (TPSA) is 65.4 Å². The highest BCUT2D eigenvalue weighted by Gasteiger charge is 2.07. The number of nitrogens with one attached hydrogen (secondary N) is 1. The molecule has 4 aromatic rings. The molecule has 6 heteroatoms. The average molecular weight is 430 g/mol. The van der Waals surface area contributed by atoms with Gasteiger partial charge in [0.1, 0.15) is 11.5 Å². The molecule has 1 amide bonds. The molecular weight excluding hydrogens is 402 g/mol. The van der Waals surface area contributed by atoms with Gasteiger partial charge in [-0.05, 0) is 47.4 Å². The molecule has 0 aliphatic heterocycles. The number of aryl methyl sites for hydroxylation is 1. The maximum atomic E-state index is 12.4. The quantitative estimate of drug-likeness (QED) is 0.430. The van der Waals surface area contributed by atoms with Gasteiger partial charge in [0.15, 0.2) is 0 Å². The van der Waals surface area contributed by atoms with Crippen LogP contribution in [0.5, 0.6) is 11.5 Å². The molecule has 0 saturated carbocycles. The third-order valence-electron chi connectivity index (χ3n) is 5.41. The molecule has 0 bridgehead atoms. The van der Waals surface area contributed by atoms with Crippen molar-refractivity contribution >= 4 is 16.9 Å². The van der Waals surface area contributed by atoms with E-state index in [1.807, 2.05) is 54.9 Å². The number of benzene rings is 3. The van der Waals surface area contributed by atoms with Gasteiger partial charge < -0.3 is 19.4 Å². The fourth-order valence-corrected chi connectivity index (χ4v) is 3.73. The lowest BCUT2D eigenvalue weighted by Crippen LogP contribution is -2.23. The van der Waals surface area contributed by atoms with Crippen LogP contribution in [-0.4, -0.2) is 29.7 Å². The van der Waals surface area contributed by atoms with Gasteiger partial charge in [0, 0.05) is 25.6 Å². The van der Waals surface area contributed by atoms with Crippen molar-refractivity contribution in [2.75, 3.05) is 14.2 Å². The van der Waals surface area contributed by atoms with E-state index < -0.39 is 0 Å². The molecule has 3 aromatic carbocycles. The molecule has 0 fully saturated rings. The Morgan fingerprint density at radius 3 is 2.44 bits per heavy atom. The van der Waals surface area contributed by atoms with Gasteiger partial charge in [-0.25, -0.2) is 4.98 Å². The normalized spacial score (nSPS) is 10.8. The Hall–Kier alpha value is -3.80. The molecule has 0 spiro atoms. The number of carbonyl (C=O) groups is 1. The molecule has 164 valence electrons. The lowest BCUT2D eigenvalue weighted by molar-refractivity contribution is -0.121. The van der Waals surface area contributed by atoms with Crippen LogP contribution in [0.15, 0.2) is 73.1 Å². The number of para-hydroxylation sites is 2. The van der Waals surface area contributed by atoms with Gasteiger partial charge >= 0.3 is 0 Å². The number of hydrogen-bond donors (Lipinski definition) is 1. The van der Waals surface area contributed by atoms with Crippen LogP contribution in [0, 0.1) is 0 Å². The van der Waals surface area contributed by atoms with Crippen molar-refractivity contribution in [2.45, 2.75) is 25.9 Å². The number of methoxy groups -OCH3 is 2. The molecule has 0 aliphatic rings. The summed E-state index contributed by atoms with van der Waals surface area (Å²) < 4.78 is 12.7. The van der Waals surface area contributed by atoms with Gasteiger partial charge in [-0.2, -0.15) is 0 Å². The zero-order chi connectivity index (χ0) is 22.3. The van der Waals surface area contributed by atoms with E-state index in [0.29, 0.717) is 19.4 Å². The van der Waals surface area contributed by atoms with E-state index >= 15 is 0 Å². The third-order valence-corrected chi connectivity index (χ3v) is 5.41. The maximum absolute atomic E-state index is 12.4. The summed E-state index contributed by atoms with van der Waals surface area (Å²) in [6.45, 7) is 1.23. The zero-order valence-corrected chi connectivity index (χ0v) is 18.4. The van der Waals surface area contributed by atoms with Crippen molar-refractivity contribution in [1.82, 2.24) is 14.9 Å². The zero-order valence-electron chi connectivity index (χ0n) is 18.4. The first-order chi connectivity index (χ1) is 15.6. The summed E-state index contributed by atoms with van der Waals surface area (Å²) in [6, 6.07) is 22.1. The van der Waals surface area contributed by atoms with E-state index in [0.717, 1.165) is 40.2 Å². The summed E-state index contributed by atoms with van der Waals surface area (Å²) in [5.41, 5.74) is 5.35. The minimum Gasteiger partial charge on any atom is -0.497 e. The first kappa shape index (κ1) is 21.4. The number of amides is 1. The predicted molar refractivity (Wildman–Crippen MR) is 125 cm³/mol. The number of aromatic nitrogens is 2. The minimum atomic E-state index is 0.0118. The van der Waals surface area contributed by atoms with E-state index in [4.69, 9.17) is 9.47 Å². The Bertz CT molecular complexity index is 1190. The molecule has 1 heterocycles. The van der Waals surface area contributed by atoms with Crippen LogP contribution in [0.2, 0.25) is 0 Å². The van der Waals surface area contributed by atoms with Crippen LogP contribution in [0.4, 0.5) is 0 Å². The van der Waals surface area contributed by atoms with Crippen molar-refractivity contribution in [1.29, 1.82) is 0 Å². The van der Waals surface area contributed by atoms with Crippen LogP contribution in [-0.2, 0) is 24.3 Å². The smallest absolute Gasteiger partial charge is 0.220 e. The second-order valence-corrected chi connectivity index (χ2v) is 7.68. The summed E-state index contributed by atoms with van der Waals surface area (Å²) in [5.74, 6) is 1.46. The Kier molecular flexibility index (Phi) is 6.70. The number of rotatable bonds is 9. The van der Waals surface area contributed by atoms with Gasteiger partial charge in [-0.15, -0.1) is 0 Å². The van der Waals surface area contributed by atoms with E-state index in [1.165, 1.54) is 5.56 Å². The van der Waals surface area contributed by atoms with Crippen molar-refractivity contribution in [3.05, 3.63) is 89.7 Å². The molecule has 0 atom stereocenters. The Balaban J connectivity index is 1.33. The second kappa shape index (κ2) is 10.0. The van der Waals surface area contributed by atoms with E-state index in [1.54, 1.807) is 14.2 Å². The van der Waals surface area contributed by atoms with Crippen LogP contribution in [0.3, 0.4) is 0 Å². The first-order valence-corrected chi connectivity index (χ1v) is 10.6. The monoisotopic (exact) mass is 429 g/mol. The molecule has 0 saturated heterocycles. The molecule has 32 heavy (non-hydrogen) atoms. The highest BCUT2D eigenvalue weighted by atomic mass is 16.5. The fourth-order valence-electron chi connectivity index (χ4n) is 3.73. The first-order valence-electron chi connectivity index (χ1n) is 10.6. The van der Waals surface area contributed by atoms with Crippen LogP contribution in [0.25, 0.3) is 11.0 Å². The molecule has 4 rings (SSSR count). The third kappa shape index (κ3) is 5.27. The van der Waals surface area contributed by atoms with Crippen LogP contribution >= 0.6 is 0 Å². The van der Waals surface area contributed by atoms with Gasteiger partial charge in [-0.1, -0.05) is 36.4 Å². The highest BCUT2D eigenvalue weighted by Crippen LogP contribution is 2.23. The molecule has 0 radical (unpaired) electrons. The molecule has 1 aromatic heterocycles. The Morgan fingerprint density at radius 2 is 1.66 bits per heavy atom. The minimum absolute atomic E-state index is 0.0118. The molecule has 0 unspecified atom stereocenters. The Morgan fingerprint density at radius 1 is 0.906 bits per heavy atom. The molecule has 0 aliphatic carbocycles. The highest BCUT2D eigenvalue weighted by molar-refractivity contribution is 5.76. The lowest BCUT2D eigenvalue weighted by atomic mass is 10.1. The number of nitrogens with zero attached hydrogens (tertiary/aromatic N) is 2. The number of ether oxygens (including phenoxy) is 2. The summed E-state index contributed by atoms with van der Waals surface area (Å²) in [4.78, 5) is 16.9. The molecule has 1 N–H and O–H groups in total. The van der Waals surface area contributed by atoms with Gasteiger partial charge in [0.2, 0.25) is 5.91 Å². The number of fused-ring (bicyclic) bond motifs is 1. The SMILES string of the molecule is COc1cc(CCC(=O)NCc2cccc(Cn3cnc4ccccc43)c2)cc(OC)c1. The van der Waals surface area contributed by atoms with Crippen molar-refractivity contribution < 1.29 is 14.3 Å². The largest absolute Gasteiger partial charge is 0.497 e. The van der Waals surface area contributed by atoms with Crippen molar-refractivity contribution in [2.24, 2.45) is 0 Å². The van der Waals surface area contributed by atoms with Crippen molar-refractivity contribution in [3.63, 3.8) is 0 Å². The maximum Gasteiger partial charge on any atom is 0.220 e. The number of carbonyl (C=O) groups excluding carboxylic acids is 1. The molecule has 6 nitrogen and oxygen atoms in total. The average Bonchev–Trinajstić information content (AvgIpc) is 3.24. The van der Waals surface area contributed by atoms with E-state index in [-0.39, 0.29) is 5.91 Å². The predicted octanol–water partition coefficient (Wildman–Crippen LogP) is 4.35. The summed E-state index contributed by atoms with van der Waals surface area (Å²) in [5, 5.41) is 3.02. The summed E-state index contributed by atoms with van der Waals surface area (Å²) >= 11 is 0. The van der Waals surface area contributed by atoms with Gasteiger partial charge in [0.05, 0.1) is 31.6 Å². The van der Waals surface area contributed by atoms with Gasteiger partial charge in [0.25, 0.3) is 0 Å². The van der Waals surface area contributed by atoms with Crippen LogP contribution in [0.1, 0.15) is 23.1 Å². The van der Waals surface area contributed by atoms with Gasteiger partial charge in [-0.3, -0.25) is 4.79 Å². The van der Waals surface area contributed by atoms with E-state index in [9.17, 15) is 4.79 Å². The lowest BCUT2D eigenvalue weighted by Gasteiger charge is -2.10.